The molecule has 2 nitrogen and oxygen atoms in total. The Labute approximate surface area is 111 Å². The van der Waals surface area contributed by atoms with E-state index in [1.54, 1.807) is 6.08 Å². The Morgan fingerprint density at radius 2 is 1.50 bits per heavy atom. The SMILES string of the molecule is CCC=CCCCCCC/C=C\C=C/CC(=O)O. The third-order valence-electron chi connectivity index (χ3n) is 2.57. The zero-order chi connectivity index (χ0) is 13.5. The summed E-state index contributed by atoms with van der Waals surface area (Å²) in [5.41, 5.74) is 0. The second-order valence-electron chi connectivity index (χ2n) is 4.33. The first kappa shape index (κ1) is 16.7. The molecule has 0 heterocycles. The van der Waals surface area contributed by atoms with Gasteiger partial charge in [-0.05, 0) is 32.1 Å². The predicted octanol–water partition coefficient (Wildman–Crippen LogP) is 4.88. The van der Waals surface area contributed by atoms with Crippen molar-refractivity contribution in [3.05, 3.63) is 36.5 Å². The number of rotatable bonds is 11. The first-order chi connectivity index (χ1) is 8.77. The van der Waals surface area contributed by atoms with Gasteiger partial charge in [0.2, 0.25) is 0 Å². The van der Waals surface area contributed by atoms with Crippen LogP contribution in [0.4, 0.5) is 0 Å². The molecule has 2 heteroatoms. The molecule has 0 radical (unpaired) electrons. The van der Waals surface area contributed by atoms with Crippen LogP contribution in [0.25, 0.3) is 0 Å². The topological polar surface area (TPSA) is 37.3 Å². The van der Waals surface area contributed by atoms with Crippen molar-refractivity contribution in [1.29, 1.82) is 0 Å². The average Bonchev–Trinajstić information content (AvgIpc) is 2.34. The van der Waals surface area contributed by atoms with E-state index in [4.69, 9.17) is 5.11 Å². The number of allylic oxidation sites excluding steroid dienone is 5. The van der Waals surface area contributed by atoms with E-state index in [0.717, 1.165) is 12.8 Å². The van der Waals surface area contributed by atoms with Crippen LogP contribution in [0.15, 0.2) is 36.5 Å². The Morgan fingerprint density at radius 3 is 2.11 bits per heavy atom. The van der Waals surface area contributed by atoms with Gasteiger partial charge >= 0.3 is 5.97 Å². The van der Waals surface area contributed by atoms with E-state index in [1.165, 1.54) is 32.1 Å². The second kappa shape index (κ2) is 13.8. The van der Waals surface area contributed by atoms with Gasteiger partial charge in [0.05, 0.1) is 6.42 Å². The largest absolute Gasteiger partial charge is 0.481 e. The van der Waals surface area contributed by atoms with Crippen LogP contribution in [0.1, 0.15) is 58.3 Å². The lowest BCUT2D eigenvalue weighted by Gasteiger charge is -1.96. The summed E-state index contributed by atoms with van der Waals surface area (Å²) in [5, 5.41) is 8.41. The second-order valence-corrected chi connectivity index (χ2v) is 4.33. The molecule has 1 N–H and O–H groups in total. The van der Waals surface area contributed by atoms with Gasteiger partial charge in [-0.2, -0.15) is 0 Å². The lowest BCUT2D eigenvalue weighted by Crippen LogP contribution is -1.89. The van der Waals surface area contributed by atoms with Crippen LogP contribution in [-0.4, -0.2) is 11.1 Å². The molecule has 18 heavy (non-hydrogen) atoms. The molecule has 0 fully saturated rings. The van der Waals surface area contributed by atoms with Gasteiger partial charge in [-0.25, -0.2) is 0 Å². The van der Waals surface area contributed by atoms with Crippen LogP contribution in [0.2, 0.25) is 0 Å². The maximum atomic E-state index is 10.2. The van der Waals surface area contributed by atoms with Crippen LogP contribution in [0.5, 0.6) is 0 Å². The van der Waals surface area contributed by atoms with Gasteiger partial charge in [-0.3, -0.25) is 4.79 Å². The molecule has 0 aromatic rings. The molecule has 0 saturated heterocycles. The van der Waals surface area contributed by atoms with E-state index in [-0.39, 0.29) is 6.42 Å². The minimum Gasteiger partial charge on any atom is -0.481 e. The Bertz CT molecular complexity index is 275. The highest BCUT2D eigenvalue weighted by atomic mass is 16.4. The van der Waals surface area contributed by atoms with E-state index < -0.39 is 5.97 Å². The van der Waals surface area contributed by atoms with Crippen LogP contribution in [0, 0.1) is 0 Å². The number of carboxylic acids is 1. The summed E-state index contributed by atoms with van der Waals surface area (Å²) in [6.07, 6.45) is 20.7. The quantitative estimate of drug-likeness (QED) is 0.322. The van der Waals surface area contributed by atoms with Crippen molar-refractivity contribution in [2.45, 2.75) is 58.3 Å². The van der Waals surface area contributed by atoms with Crippen LogP contribution in [0.3, 0.4) is 0 Å². The molecular formula is C16H26O2. The maximum Gasteiger partial charge on any atom is 0.307 e. The van der Waals surface area contributed by atoms with Crippen LogP contribution >= 0.6 is 0 Å². The van der Waals surface area contributed by atoms with E-state index in [2.05, 4.69) is 25.2 Å². The molecule has 102 valence electrons. The number of aliphatic carboxylic acids is 1. The predicted molar refractivity (Wildman–Crippen MR) is 77.7 cm³/mol. The summed E-state index contributed by atoms with van der Waals surface area (Å²) < 4.78 is 0. The van der Waals surface area contributed by atoms with Gasteiger partial charge in [0.25, 0.3) is 0 Å². The third kappa shape index (κ3) is 14.7. The molecule has 0 aromatic carbocycles. The lowest BCUT2D eigenvalue weighted by molar-refractivity contribution is -0.135. The molecule has 0 aliphatic carbocycles. The van der Waals surface area contributed by atoms with Gasteiger partial charge in [-0.1, -0.05) is 56.2 Å². The molecule has 0 spiro atoms. The van der Waals surface area contributed by atoms with Crippen molar-refractivity contribution < 1.29 is 9.90 Å². The van der Waals surface area contributed by atoms with Gasteiger partial charge in [0.15, 0.2) is 0 Å². The van der Waals surface area contributed by atoms with Crippen molar-refractivity contribution in [1.82, 2.24) is 0 Å². The van der Waals surface area contributed by atoms with E-state index in [1.807, 2.05) is 12.2 Å². The first-order valence-electron chi connectivity index (χ1n) is 6.95. The van der Waals surface area contributed by atoms with Gasteiger partial charge in [0.1, 0.15) is 0 Å². The van der Waals surface area contributed by atoms with Crippen molar-refractivity contribution in [2.24, 2.45) is 0 Å². The van der Waals surface area contributed by atoms with Gasteiger partial charge in [0, 0.05) is 0 Å². The minimum absolute atomic E-state index is 0.107. The summed E-state index contributed by atoms with van der Waals surface area (Å²) in [6.45, 7) is 2.16. The first-order valence-corrected chi connectivity index (χ1v) is 6.95. The minimum atomic E-state index is -0.781. The van der Waals surface area contributed by atoms with E-state index in [0.29, 0.717) is 0 Å². The van der Waals surface area contributed by atoms with Crippen molar-refractivity contribution in [2.75, 3.05) is 0 Å². The molecule has 0 aliphatic heterocycles. The Kier molecular flexibility index (Phi) is 12.8. The number of hydrogen-bond donors (Lipinski definition) is 1. The Morgan fingerprint density at radius 1 is 0.889 bits per heavy atom. The summed E-state index contributed by atoms with van der Waals surface area (Å²) >= 11 is 0. The molecule has 0 amide bonds. The highest BCUT2D eigenvalue weighted by Crippen LogP contribution is 2.06. The highest BCUT2D eigenvalue weighted by molar-refractivity contribution is 5.68. The number of hydrogen-bond acceptors (Lipinski definition) is 1. The third-order valence-corrected chi connectivity index (χ3v) is 2.57. The Hall–Kier alpha value is -1.31. The fraction of sp³-hybridized carbons (Fsp3) is 0.562. The smallest absolute Gasteiger partial charge is 0.307 e. The lowest BCUT2D eigenvalue weighted by atomic mass is 10.1. The summed E-state index contributed by atoms with van der Waals surface area (Å²) in [6, 6.07) is 0. The molecule has 0 aromatic heterocycles. The molecule has 0 bridgehead atoms. The average molecular weight is 250 g/mol. The molecule has 0 rings (SSSR count). The monoisotopic (exact) mass is 250 g/mol. The van der Waals surface area contributed by atoms with Crippen LogP contribution in [-0.2, 0) is 4.79 Å². The zero-order valence-corrected chi connectivity index (χ0v) is 11.5. The normalized spacial score (nSPS) is 12.1. The molecule has 0 saturated carbocycles. The molecular weight excluding hydrogens is 224 g/mol. The molecule has 0 unspecified atom stereocenters. The summed E-state index contributed by atoms with van der Waals surface area (Å²) in [4.78, 5) is 10.2. The van der Waals surface area contributed by atoms with Crippen molar-refractivity contribution in [3.63, 3.8) is 0 Å². The molecule has 0 atom stereocenters. The standard InChI is InChI=1S/C16H26O2/c1-2-3-4-5-6-7-8-9-10-11-12-13-14-15-16(17)18/h3-4,11-14H,2,5-10,15H2,1H3,(H,17,18)/b4-3?,12-11-,14-13-. The summed E-state index contributed by atoms with van der Waals surface area (Å²) in [7, 11) is 0. The summed E-state index contributed by atoms with van der Waals surface area (Å²) in [5.74, 6) is -0.781. The number of carboxylic acid groups (broad SMARTS) is 1. The number of unbranched alkanes of at least 4 members (excludes halogenated alkanes) is 5. The fourth-order valence-corrected chi connectivity index (χ4v) is 1.58. The van der Waals surface area contributed by atoms with E-state index >= 15 is 0 Å². The maximum absolute atomic E-state index is 10.2. The van der Waals surface area contributed by atoms with Crippen molar-refractivity contribution >= 4 is 5.97 Å². The van der Waals surface area contributed by atoms with Crippen LogP contribution < -0.4 is 0 Å². The fourth-order valence-electron chi connectivity index (χ4n) is 1.58. The zero-order valence-electron chi connectivity index (χ0n) is 11.5. The molecule has 0 aliphatic rings. The Balaban J connectivity index is 3.24. The number of carbonyl (C=O) groups is 1. The van der Waals surface area contributed by atoms with Gasteiger partial charge < -0.3 is 5.11 Å². The van der Waals surface area contributed by atoms with Gasteiger partial charge in [-0.15, -0.1) is 0 Å². The van der Waals surface area contributed by atoms with E-state index in [9.17, 15) is 4.79 Å². The van der Waals surface area contributed by atoms with Crippen molar-refractivity contribution in [3.8, 4) is 0 Å². The highest BCUT2D eigenvalue weighted by Gasteiger charge is 1.88.